The standard InChI is InChI=1S/C36H35FN2O5/c37-31-16-7-4-11-27(31)12-5-9-18-34(40)38-23-10-24-44-29-21-19-26(20-22-29)25-33(36(42)43)39-32-17-8-6-15-30(32)35(41)28-13-2-1-3-14-28/h1-8,11-17,19-22,33,39H,9-10,18,23-25H2,(H,38,40)(H,42,43)/t33-/m0/s1. The minimum Gasteiger partial charge on any atom is -0.494 e. The van der Waals surface area contributed by atoms with E-state index in [4.69, 9.17) is 4.74 Å². The normalized spacial score (nSPS) is 11.6. The minimum absolute atomic E-state index is 0.0822. The smallest absolute Gasteiger partial charge is 0.326 e. The maximum absolute atomic E-state index is 13.6. The predicted molar refractivity (Wildman–Crippen MR) is 169 cm³/mol. The number of carboxylic acid groups (broad SMARTS) is 1. The number of carboxylic acids is 1. The molecule has 4 rings (SSSR count). The van der Waals surface area contributed by atoms with Gasteiger partial charge >= 0.3 is 5.97 Å². The summed E-state index contributed by atoms with van der Waals surface area (Å²) in [6.07, 6.45) is 5.10. The van der Waals surface area contributed by atoms with Crippen LogP contribution in [0, 0.1) is 5.82 Å². The zero-order chi connectivity index (χ0) is 31.1. The second-order valence-electron chi connectivity index (χ2n) is 10.1. The van der Waals surface area contributed by atoms with Crippen LogP contribution in [0.4, 0.5) is 10.1 Å². The topological polar surface area (TPSA) is 105 Å². The fraction of sp³-hybridized carbons (Fsp3) is 0.194. The Morgan fingerprint density at radius 3 is 2.32 bits per heavy atom. The molecule has 0 aliphatic heterocycles. The number of aliphatic carboxylic acids is 1. The maximum atomic E-state index is 13.6. The van der Waals surface area contributed by atoms with Crippen LogP contribution in [0.2, 0.25) is 0 Å². The summed E-state index contributed by atoms with van der Waals surface area (Å²) in [6, 6.07) is 28.5. The summed E-state index contributed by atoms with van der Waals surface area (Å²) in [4.78, 5) is 37.2. The molecule has 0 aliphatic rings. The number of amides is 1. The average Bonchev–Trinajstić information content (AvgIpc) is 3.04. The molecular weight excluding hydrogens is 559 g/mol. The Labute approximate surface area is 256 Å². The zero-order valence-corrected chi connectivity index (χ0v) is 24.2. The van der Waals surface area contributed by atoms with Crippen LogP contribution >= 0.6 is 0 Å². The second kappa shape index (κ2) is 16.4. The van der Waals surface area contributed by atoms with E-state index in [0.717, 1.165) is 5.56 Å². The Morgan fingerprint density at radius 2 is 1.57 bits per heavy atom. The molecule has 3 N–H and O–H groups in total. The van der Waals surface area contributed by atoms with Crippen molar-refractivity contribution in [2.24, 2.45) is 0 Å². The van der Waals surface area contributed by atoms with E-state index in [2.05, 4.69) is 10.6 Å². The molecule has 0 heterocycles. The molecule has 0 saturated heterocycles. The first kappa shape index (κ1) is 31.7. The number of anilines is 1. The molecule has 8 heteroatoms. The van der Waals surface area contributed by atoms with Crippen LogP contribution in [0.15, 0.2) is 109 Å². The molecule has 1 atom stereocenters. The Hall–Kier alpha value is -5.24. The van der Waals surface area contributed by atoms with Gasteiger partial charge in [-0.05, 0) is 48.7 Å². The number of ketones is 1. The number of nitrogens with one attached hydrogen (secondary N) is 2. The van der Waals surface area contributed by atoms with E-state index in [-0.39, 0.29) is 23.9 Å². The summed E-state index contributed by atoms with van der Waals surface area (Å²) in [7, 11) is 0. The quantitative estimate of drug-likeness (QED) is 0.100. The van der Waals surface area contributed by atoms with Gasteiger partial charge in [0.05, 0.1) is 6.61 Å². The van der Waals surface area contributed by atoms with E-state index in [9.17, 15) is 23.9 Å². The van der Waals surface area contributed by atoms with Gasteiger partial charge in [-0.15, -0.1) is 0 Å². The van der Waals surface area contributed by atoms with Gasteiger partial charge in [0, 0.05) is 41.8 Å². The molecule has 4 aromatic carbocycles. The molecule has 0 saturated carbocycles. The number of hydrogen-bond donors (Lipinski definition) is 3. The van der Waals surface area contributed by atoms with E-state index < -0.39 is 12.0 Å². The van der Waals surface area contributed by atoms with Crippen LogP contribution in [0.5, 0.6) is 5.75 Å². The average molecular weight is 595 g/mol. The van der Waals surface area contributed by atoms with E-state index in [1.54, 1.807) is 91.0 Å². The highest BCUT2D eigenvalue weighted by Crippen LogP contribution is 2.22. The first-order valence-corrected chi connectivity index (χ1v) is 14.5. The van der Waals surface area contributed by atoms with Gasteiger partial charge in [0.2, 0.25) is 5.91 Å². The second-order valence-corrected chi connectivity index (χ2v) is 10.1. The highest BCUT2D eigenvalue weighted by molar-refractivity contribution is 6.12. The number of benzene rings is 4. The van der Waals surface area contributed by atoms with Gasteiger partial charge in [-0.25, -0.2) is 9.18 Å². The van der Waals surface area contributed by atoms with Crippen molar-refractivity contribution < 1.29 is 28.6 Å². The third-order valence-electron chi connectivity index (χ3n) is 6.85. The van der Waals surface area contributed by atoms with Gasteiger partial charge in [0.15, 0.2) is 5.78 Å². The third kappa shape index (κ3) is 9.66. The lowest BCUT2D eigenvalue weighted by Gasteiger charge is -2.18. The number of halogens is 1. The highest BCUT2D eigenvalue weighted by Gasteiger charge is 2.21. The lowest BCUT2D eigenvalue weighted by molar-refractivity contribution is -0.137. The van der Waals surface area contributed by atoms with Gasteiger partial charge in [-0.1, -0.05) is 84.9 Å². The summed E-state index contributed by atoms with van der Waals surface area (Å²) < 4.78 is 19.4. The lowest BCUT2D eigenvalue weighted by atomic mass is 10.00. The van der Waals surface area contributed by atoms with E-state index in [1.807, 2.05) is 18.2 Å². The molecule has 0 radical (unpaired) electrons. The highest BCUT2D eigenvalue weighted by atomic mass is 19.1. The van der Waals surface area contributed by atoms with Crippen molar-refractivity contribution >= 4 is 29.4 Å². The van der Waals surface area contributed by atoms with Crippen molar-refractivity contribution in [2.75, 3.05) is 18.5 Å². The van der Waals surface area contributed by atoms with Gasteiger partial charge in [-0.3, -0.25) is 9.59 Å². The SMILES string of the molecule is O=C(CCC=Cc1ccccc1F)NCCCOc1ccc(C[C@H](Nc2ccccc2C(=O)c2ccccc2)C(=O)O)cc1. The number of para-hydroxylation sites is 1. The molecule has 4 aromatic rings. The molecule has 0 unspecified atom stereocenters. The molecule has 0 fully saturated rings. The summed E-state index contributed by atoms with van der Waals surface area (Å²) in [5.74, 6) is -0.958. The molecule has 226 valence electrons. The van der Waals surface area contributed by atoms with Crippen molar-refractivity contribution in [1.82, 2.24) is 5.32 Å². The molecule has 44 heavy (non-hydrogen) atoms. The Morgan fingerprint density at radius 1 is 0.864 bits per heavy atom. The summed E-state index contributed by atoms with van der Waals surface area (Å²) in [6.45, 7) is 0.868. The predicted octanol–water partition coefficient (Wildman–Crippen LogP) is 6.54. The van der Waals surface area contributed by atoms with E-state index in [0.29, 0.717) is 60.5 Å². The number of carbonyl (C=O) groups excluding carboxylic acids is 2. The van der Waals surface area contributed by atoms with Crippen LogP contribution in [-0.4, -0.2) is 42.0 Å². The minimum atomic E-state index is -1.03. The Bertz CT molecular complexity index is 1570. The zero-order valence-electron chi connectivity index (χ0n) is 24.2. The number of carbonyl (C=O) groups is 3. The Kier molecular flexibility index (Phi) is 11.8. The van der Waals surface area contributed by atoms with Crippen LogP contribution in [0.3, 0.4) is 0 Å². The van der Waals surface area contributed by atoms with Gasteiger partial charge in [-0.2, -0.15) is 0 Å². The first-order chi connectivity index (χ1) is 21.4. The van der Waals surface area contributed by atoms with Gasteiger partial charge < -0.3 is 20.5 Å². The maximum Gasteiger partial charge on any atom is 0.326 e. The molecule has 7 nitrogen and oxygen atoms in total. The van der Waals surface area contributed by atoms with E-state index >= 15 is 0 Å². The largest absolute Gasteiger partial charge is 0.494 e. The van der Waals surface area contributed by atoms with Gasteiger partial charge in [0.25, 0.3) is 0 Å². The number of allylic oxidation sites excluding steroid dienone is 1. The molecule has 0 spiro atoms. The fourth-order valence-corrected chi connectivity index (χ4v) is 4.51. The van der Waals surface area contributed by atoms with Crippen LogP contribution in [0.25, 0.3) is 6.08 Å². The van der Waals surface area contributed by atoms with Crippen molar-refractivity contribution in [3.8, 4) is 5.75 Å². The molecule has 1 amide bonds. The van der Waals surface area contributed by atoms with Crippen LogP contribution in [-0.2, 0) is 16.0 Å². The monoisotopic (exact) mass is 594 g/mol. The fourth-order valence-electron chi connectivity index (χ4n) is 4.51. The number of hydrogen-bond acceptors (Lipinski definition) is 5. The van der Waals surface area contributed by atoms with Crippen molar-refractivity contribution in [3.63, 3.8) is 0 Å². The van der Waals surface area contributed by atoms with E-state index in [1.165, 1.54) is 6.07 Å². The number of rotatable bonds is 16. The summed E-state index contributed by atoms with van der Waals surface area (Å²) in [5.41, 5.74) is 2.67. The third-order valence-corrected chi connectivity index (χ3v) is 6.85. The molecular formula is C36H35FN2O5. The van der Waals surface area contributed by atoms with Crippen molar-refractivity contribution in [1.29, 1.82) is 0 Å². The summed E-state index contributed by atoms with van der Waals surface area (Å²) >= 11 is 0. The summed E-state index contributed by atoms with van der Waals surface area (Å²) in [5, 5.41) is 15.8. The molecule has 0 bridgehead atoms. The Balaban J connectivity index is 1.20. The lowest BCUT2D eigenvalue weighted by Crippen LogP contribution is -2.32. The molecule has 0 aliphatic carbocycles. The molecule has 0 aromatic heterocycles. The van der Waals surface area contributed by atoms with Gasteiger partial charge in [0.1, 0.15) is 17.6 Å². The van der Waals surface area contributed by atoms with Crippen LogP contribution in [0.1, 0.15) is 46.3 Å². The van der Waals surface area contributed by atoms with Crippen molar-refractivity contribution in [3.05, 3.63) is 137 Å². The van der Waals surface area contributed by atoms with Crippen molar-refractivity contribution in [2.45, 2.75) is 31.7 Å². The van der Waals surface area contributed by atoms with Crippen LogP contribution < -0.4 is 15.4 Å². The first-order valence-electron chi connectivity index (χ1n) is 14.5. The number of ether oxygens (including phenoxy) is 1.